The van der Waals surface area contributed by atoms with Gasteiger partial charge in [0.1, 0.15) is 19.6 Å². The first-order chi connectivity index (χ1) is 10.2. The molecule has 2 aliphatic heterocycles. The van der Waals surface area contributed by atoms with Gasteiger partial charge in [-0.05, 0) is 25.0 Å². The van der Waals surface area contributed by atoms with Crippen LogP contribution in [0.3, 0.4) is 0 Å². The van der Waals surface area contributed by atoms with Crippen LogP contribution in [0.2, 0.25) is 0 Å². The third-order valence-electron chi connectivity index (χ3n) is 3.60. The van der Waals surface area contributed by atoms with E-state index in [2.05, 4.69) is 5.32 Å². The van der Waals surface area contributed by atoms with Crippen molar-refractivity contribution in [2.45, 2.75) is 19.3 Å². The number of nitrogens with one attached hydrogen (secondary N) is 1. The summed E-state index contributed by atoms with van der Waals surface area (Å²) in [6.45, 7) is 2.55. The fraction of sp³-hybridized carbons (Fsp3) is 0.467. The number of anilines is 1. The number of ether oxygens (including phenoxy) is 2. The average Bonchev–Trinajstić information content (AvgIpc) is 3.01. The Morgan fingerprint density at radius 1 is 1.10 bits per heavy atom. The first-order valence-corrected chi connectivity index (χ1v) is 7.20. The maximum atomic E-state index is 11.9. The number of carbonyl (C=O) groups is 2. The van der Waals surface area contributed by atoms with Gasteiger partial charge in [0.2, 0.25) is 11.8 Å². The molecule has 0 unspecified atom stereocenters. The molecule has 0 radical (unpaired) electrons. The molecule has 112 valence electrons. The minimum atomic E-state index is -0.302. The number of likely N-dealkylation sites (tertiary alicyclic amines) is 1. The van der Waals surface area contributed by atoms with E-state index in [1.54, 1.807) is 23.1 Å². The minimum Gasteiger partial charge on any atom is -0.486 e. The second kappa shape index (κ2) is 6.03. The fourth-order valence-electron chi connectivity index (χ4n) is 2.54. The molecule has 0 aliphatic carbocycles. The molecular weight excluding hydrogens is 272 g/mol. The molecule has 0 atom stereocenters. The molecule has 0 aromatic heterocycles. The minimum absolute atomic E-state index is 0.109. The lowest BCUT2D eigenvalue weighted by atomic mass is 10.2. The van der Waals surface area contributed by atoms with E-state index < -0.39 is 0 Å². The second-order valence-corrected chi connectivity index (χ2v) is 5.17. The van der Waals surface area contributed by atoms with E-state index in [1.807, 2.05) is 0 Å². The van der Waals surface area contributed by atoms with Crippen molar-refractivity contribution in [2.24, 2.45) is 0 Å². The van der Waals surface area contributed by atoms with E-state index in [1.165, 1.54) is 0 Å². The number of nitrogens with zero attached hydrogens (tertiary/aromatic N) is 1. The number of amides is 2. The van der Waals surface area contributed by atoms with E-state index in [4.69, 9.17) is 9.47 Å². The van der Waals surface area contributed by atoms with Crippen LogP contribution in [0, 0.1) is 0 Å². The van der Waals surface area contributed by atoms with Gasteiger partial charge in [0.15, 0.2) is 11.5 Å². The second-order valence-electron chi connectivity index (χ2n) is 5.17. The smallest absolute Gasteiger partial charge is 0.233 e. The molecule has 0 saturated carbocycles. The summed E-state index contributed by atoms with van der Waals surface area (Å²) in [6.07, 6.45) is 1.93. The summed E-state index contributed by atoms with van der Waals surface area (Å²) in [5.41, 5.74) is 0.610. The monoisotopic (exact) mass is 290 g/mol. The number of benzene rings is 1. The van der Waals surface area contributed by atoms with Gasteiger partial charge >= 0.3 is 0 Å². The van der Waals surface area contributed by atoms with E-state index in [0.717, 1.165) is 25.9 Å². The van der Waals surface area contributed by atoms with Crippen molar-refractivity contribution >= 4 is 17.5 Å². The third kappa shape index (κ3) is 3.26. The predicted molar refractivity (Wildman–Crippen MR) is 76.5 cm³/mol. The summed E-state index contributed by atoms with van der Waals surface area (Å²) >= 11 is 0. The Morgan fingerprint density at radius 3 is 2.57 bits per heavy atom. The third-order valence-corrected chi connectivity index (χ3v) is 3.60. The molecule has 2 amide bonds. The van der Waals surface area contributed by atoms with Crippen LogP contribution in [0.1, 0.15) is 19.3 Å². The number of rotatable bonds is 3. The molecule has 2 heterocycles. The van der Waals surface area contributed by atoms with Crippen molar-refractivity contribution in [3.8, 4) is 11.5 Å². The van der Waals surface area contributed by atoms with Crippen molar-refractivity contribution in [2.75, 3.05) is 31.6 Å². The van der Waals surface area contributed by atoms with Gasteiger partial charge in [0.05, 0.1) is 0 Å². The van der Waals surface area contributed by atoms with E-state index in [-0.39, 0.29) is 18.2 Å². The maximum absolute atomic E-state index is 11.9. The van der Waals surface area contributed by atoms with E-state index >= 15 is 0 Å². The van der Waals surface area contributed by atoms with Gasteiger partial charge in [-0.15, -0.1) is 0 Å². The number of hydrogen-bond acceptors (Lipinski definition) is 4. The Kier molecular flexibility index (Phi) is 3.94. The van der Waals surface area contributed by atoms with Crippen LogP contribution in [0.15, 0.2) is 18.2 Å². The normalized spacial score (nSPS) is 16.7. The van der Waals surface area contributed by atoms with Crippen LogP contribution in [0.5, 0.6) is 11.5 Å². The molecule has 0 bridgehead atoms. The number of hydrogen-bond donors (Lipinski definition) is 1. The first-order valence-electron chi connectivity index (χ1n) is 7.20. The van der Waals surface area contributed by atoms with Crippen molar-refractivity contribution < 1.29 is 19.1 Å². The van der Waals surface area contributed by atoms with Gasteiger partial charge in [0.25, 0.3) is 0 Å². The zero-order chi connectivity index (χ0) is 14.7. The maximum Gasteiger partial charge on any atom is 0.233 e. The molecule has 6 heteroatoms. The molecule has 21 heavy (non-hydrogen) atoms. The zero-order valence-corrected chi connectivity index (χ0v) is 11.8. The summed E-state index contributed by atoms with van der Waals surface area (Å²) in [7, 11) is 0. The van der Waals surface area contributed by atoms with Gasteiger partial charge in [-0.3, -0.25) is 9.59 Å². The standard InChI is InChI=1S/C15H18N2O4/c18-14(10-15(19)17-5-1-2-6-17)16-11-3-4-12-13(9-11)21-8-7-20-12/h3-4,9H,1-2,5-8,10H2,(H,16,18). The predicted octanol–water partition coefficient (Wildman–Crippen LogP) is 1.41. The molecule has 1 saturated heterocycles. The molecule has 2 aliphatic rings. The molecule has 1 aromatic carbocycles. The Labute approximate surface area is 123 Å². The largest absolute Gasteiger partial charge is 0.486 e. The Bertz CT molecular complexity index is 553. The zero-order valence-electron chi connectivity index (χ0n) is 11.8. The topological polar surface area (TPSA) is 67.9 Å². The summed E-state index contributed by atoms with van der Waals surface area (Å²) in [4.78, 5) is 25.6. The van der Waals surface area contributed by atoms with E-state index in [9.17, 15) is 9.59 Å². The van der Waals surface area contributed by atoms with Gasteiger partial charge in [0, 0.05) is 24.8 Å². The highest BCUT2D eigenvalue weighted by molar-refractivity contribution is 6.03. The highest BCUT2D eigenvalue weighted by Gasteiger charge is 2.20. The Balaban J connectivity index is 1.58. The van der Waals surface area contributed by atoms with Crippen molar-refractivity contribution in [1.29, 1.82) is 0 Å². The summed E-state index contributed by atoms with van der Waals surface area (Å²) < 4.78 is 10.9. The average molecular weight is 290 g/mol. The van der Waals surface area contributed by atoms with Crippen LogP contribution in [-0.2, 0) is 9.59 Å². The lowest BCUT2D eigenvalue weighted by Gasteiger charge is -2.19. The van der Waals surface area contributed by atoms with Gasteiger partial charge in [-0.2, -0.15) is 0 Å². The van der Waals surface area contributed by atoms with Gasteiger partial charge in [-0.1, -0.05) is 0 Å². The highest BCUT2D eigenvalue weighted by atomic mass is 16.6. The van der Waals surface area contributed by atoms with Crippen LogP contribution >= 0.6 is 0 Å². The van der Waals surface area contributed by atoms with Crippen LogP contribution in [0.25, 0.3) is 0 Å². The summed E-state index contributed by atoms with van der Waals surface area (Å²) in [5, 5.41) is 2.72. The van der Waals surface area contributed by atoms with Crippen molar-refractivity contribution in [1.82, 2.24) is 4.90 Å². The van der Waals surface area contributed by atoms with E-state index in [0.29, 0.717) is 30.4 Å². The van der Waals surface area contributed by atoms with Crippen molar-refractivity contribution in [3.05, 3.63) is 18.2 Å². The lowest BCUT2D eigenvalue weighted by molar-refractivity contribution is -0.133. The number of fused-ring (bicyclic) bond motifs is 1. The van der Waals surface area contributed by atoms with Crippen LogP contribution < -0.4 is 14.8 Å². The van der Waals surface area contributed by atoms with Crippen molar-refractivity contribution in [3.63, 3.8) is 0 Å². The fourth-order valence-corrected chi connectivity index (χ4v) is 2.54. The van der Waals surface area contributed by atoms with Gasteiger partial charge in [-0.25, -0.2) is 0 Å². The van der Waals surface area contributed by atoms with Gasteiger partial charge < -0.3 is 19.7 Å². The molecule has 0 spiro atoms. The van der Waals surface area contributed by atoms with Crippen LogP contribution in [0.4, 0.5) is 5.69 Å². The molecule has 3 rings (SSSR count). The molecule has 1 N–H and O–H groups in total. The lowest BCUT2D eigenvalue weighted by Crippen LogP contribution is -2.31. The van der Waals surface area contributed by atoms with Crippen LogP contribution in [-0.4, -0.2) is 43.0 Å². The number of carbonyl (C=O) groups excluding carboxylic acids is 2. The first kappa shape index (κ1) is 13.7. The molecule has 1 fully saturated rings. The quantitative estimate of drug-likeness (QED) is 0.855. The Morgan fingerprint density at radius 2 is 1.81 bits per heavy atom. The summed E-state index contributed by atoms with van der Waals surface area (Å²) in [5.74, 6) is 0.878. The molecular formula is C15H18N2O4. The highest BCUT2D eigenvalue weighted by Crippen LogP contribution is 2.32. The summed E-state index contributed by atoms with van der Waals surface area (Å²) in [6, 6.07) is 5.21. The molecule has 1 aromatic rings. The Hall–Kier alpha value is -2.24. The molecule has 6 nitrogen and oxygen atoms in total. The SMILES string of the molecule is O=C(CC(=O)N1CCCC1)Nc1ccc2c(c1)OCCO2.